The molecule has 1 fully saturated rings. The molecule has 0 radical (unpaired) electrons. The van der Waals surface area contributed by atoms with E-state index in [4.69, 9.17) is 5.11 Å². The summed E-state index contributed by atoms with van der Waals surface area (Å²) in [5.74, 6) is -2.50. The third-order valence-electron chi connectivity index (χ3n) is 4.07. The maximum absolute atomic E-state index is 13.2. The molecule has 26 heavy (non-hydrogen) atoms. The van der Waals surface area contributed by atoms with Gasteiger partial charge in [-0.2, -0.15) is 13.2 Å². The van der Waals surface area contributed by atoms with Crippen molar-refractivity contribution < 1.29 is 32.7 Å². The lowest BCUT2D eigenvalue weighted by Crippen LogP contribution is -2.40. The number of nitrogens with one attached hydrogen (secondary N) is 1. The molecule has 0 spiro atoms. The molecule has 142 valence electrons. The first-order valence-electron chi connectivity index (χ1n) is 8.19. The van der Waals surface area contributed by atoms with Crippen molar-refractivity contribution in [2.24, 2.45) is 0 Å². The molecule has 1 aromatic carbocycles. The zero-order valence-electron chi connectivity index (χ0n) is 14.1. The fourth-order valence-corrected chi connectivity index (χ4v) is 2.77. The minimum Gasteiger partial charge on any atom is -0.480 e. The van der Waals surface area contributed by atoms with Gasteiger partial charge in [-0.15, -0.1) is 0 Å². The summed E-state index contributed by atoms with van der Waals surface area (Å²) in [6, 6.07) is 1.46. The van der Waals surface area contributed by atoms with Crippen LogP contribution in [-0.4, -0.2) is 35.5 Å². The lowest BCUT2D eigenvalue weighted by atomic mass is 10.1. The number of carboxylic acid groups (broad SMARTS) is 1. The zero-order valence-corrected chi connectivity index (χ0v) is 14.1. The van der Waals surface area contributed by atoms with Gasteiger partial charge in [-0.25, -0.2) is 4.79 Å². The second kappa shape index (κ2) is 7.76. The Morgan fingerprint density at radius 3 is 2.50 bits per heavy atom. The van der Waals surface area contributed by atoms with Crippen molar-refractivity contribution in [3.63, 3.8) is 0 Å². The largest absolute Gasteiger partial charge is 0.480 e. The highest BCUT2D eigenvalue weighted by Crippen LogP contribution is 2.34. The van der Waals surface area contributed by atoms with Crippen molar-refractivity contribution in [3.8, 4) is 0 Å². The SMILES string of the molecule is CCCC(NC(=O)c1cc(N2CCCC2=O)cc(C(F)(F)F)c1)C(=O)O. The summed E-state index contributed by atoms with van der Waals surface area (Å²) in [4.78, 5) is 36.5. The number of hydrogen-bond acceptors (Lipinski definition) is 3. The lowest BCUT2D eigenvalue weighted by Gasteiger charge is -2.20. The van der Waals surface area contributed by atoms with Crippen LogP contribution in [0.2, 0.25) is 0 Å². The first-order valence-corrected chi connectivity index (χ1v) is 8.19. The number of halogens is 3. The van der Waals surface area contributed by atoms with E-state index in [-0.39, 0.29) is 36.5 Å². The van der Waals surface area contributed by atoms with Crippen LogP contribution in [0.4, 0.5) is 18.9 Å². The number of anilines is 1. The van der Waals surface area contributed by atoms with Crippen LogP contribution in [0, 0.1) is 0 Å². The summed E-state index contributed by atoms with van der Waals surface area (Å²) < 4.78 is 39.5. The van der Waals surface area contributed by atoms with E-state index in [2.05, 4.69) is 5.32 Å². The second-order valence-corrected chi connectivity index (χ2v) is 6.07. The van der Waals surface area contributed by atoms with Crippen molar-refractivity contribution in [1.29, 1.82) is 0 Å². The van der Waals surface area contributed by atoms with Crippen LogP contribution in [0.3, 0.4) is 0 Å². The van der Waals surface area contributed by atoms with Crippen LogP contribution < -0.4 is 10.2 Å². The highest BCUT2D eigenvalue weighted by molar-refractivity contribution is 6.00. The predicted octanol–water partition coefficient (Wildman–Crippen LogP) is 2.82. The molecule has 2 rings (SSSR count). The van der Waals surface area contributed by atoms with E-state index in [0.717, 1.165) is 6.07 Å². The minimum atomic E-state index is -4.70. The van der Waals surface area contributed by atoms with Crippen molar-refractivity contribution in [1.82, 2.24) is 5.32 Å². The van der Waals surface area contributed by atoms with Gasteiger partial charge in [-0.1, -0.05) is 13.3 Å². The Bertz CT molecular complexity index is 718. The molecule has 0 bridgehead atoms. The number of hydrogen-bond donors (Lipinski definition) is 2. The summed E-state index contributed by atoms with van der Waals surface area (Å²) in [7, 11) is 0. The van der Waals surface area contributed by atoms with Crippen LogP contribution in [0.1, 0.15) is 48.5 Å². The molecular formula is C17H19F3N2O4. The number of benzene rings is 1. The Kier molecular flexibility index (Phi) is 5.89. The van der Waals surface area contributed by atoms with E-state index in [1.54, 1.807) is 6.92 Å². The van der Waals surface area contributed by atoms with Crippen molar-refractivity contribution in [2.45, 2.75) is 44.8 Å². The van der Waals surface area contributed by atoms with Gasteiger partial charge in [0.25, 0.3) is 5.91 Å². The van der Waals surface area contributed by atoms with E-state index in [9.17, 15) is 27.6 Å². The van der Waals surface area contributed by atoms with E-state index < -0.39 is 29.7 Å². The van der Waals surface area contributed by atoms with Gasteiger partial charge in [0.1, 0.15) is 6.04 Å². The maximum atomic E-state index is 13.2. The molecule has 0 saturated carbocycles. The quantitative estimate of drug-likeness (QED) is 0.804. The predicted molar refractivity (Wildman–Crippen MR) is 86.8 cm³/mol. The molecular weight excluding hydrogens is 353 g/mol. The Hall–Kier alpha value is -2.58. The Balaban J connectivity index is 2.38. The Labute approximate surface area is 148 Å². The number of alkyl halides is 3. The van der Waals surface area contributed by atoms with Gasteiger partial charge < -0.3 is 15.3 Å². The third-order valence-corrected chi connectivity index (χ3v) is 4.07. The van der Waals surface area contributed by atoms with Crippen molar-refractivity contribution in [3.05, 3.63) is 29.3 Å². The lowest BCUT2D eigenvalue weighted by molar-refractivity contribution is -0.139. The fourth-order valence-electron chi connectivity index (χ4n) is 2.77. The first kappa shape index (κ1) is 19.7. The highest BCUT2D eigenvalue weighted by atomic mass is 19.4. The Morgan fingerprint density at radius 2 is 2.00 bits per heavy atom. The molecule has 6 nitrogen and oxygen atoms in total. The van der Waals surface area contributed by atoms with Crippen LogP contribution in [0.15, 0.2) is 18.2 Å². The van der Waals surface area contributed by atoms with Gasteiger partial charge in [0.2, 0.25) is 5.91 Å². The standard InChI is InChI=1S/C17H19F3N2O4/c1-2-4-13(16(25)26)21-15(24)10-7-11(17(18,19)20)9-12(8-10)22-6-3-5-14(22)23/h7-9,13H,2-6H2,1H3,(H,21,24)(H,25,26). The number of carbonyl (C=O) groups is 3. The minimum absolute atomic E-state index is 0.0187. The summed E-state index contributed by atoms with van der Waals surface area (Å²) in [5, 5.41) is 11.3. The van der Waals surface area contributed by atoms with Crippen LogP contribution >= 0.6 is 0 Å². The maximum Gasteiger partial charge on any atom is 0.416 e. The van der Waals surface area contributed by atoms with Gasteiger partial charge in [0.15, 0.2) is 0 Å². The monoisotopic (exact) mass is 372 g/mol. The van der Waals surface area contributed by atoms with Crippen LogP contribution in [-0.2, 0) is 15.8 Å². The molecule has 1 atom stereocenters. The molecule has 1 unspecified atom stereocenters. The molecule has 1 saturated heterocycles. The summed E-state index contributed by atoms with van der Waals surface area (Å²) >= 11 is 0. The molecule has 9 heteroatoms. The van der Waals surface area contributed by atoms with Gasteiger partial charge in [-0.05, 0) is 31.0 Å². The second-order valence-electron chi connectivity index (χ2n) is 6.07. The average molecular weight is 372 g/mol. The van der Waals surface area contributed by atoms with Gasteiger partial charge in [-0.3, -0.25) is 9.59 Å². The number of nitrogens with zero attached hydrogens (tertiary/aromatic N) is 1. The fraction of sp³-hybridized carbons (Fsp3) is 0.471. The van der Waals surface area contributed by atoms with Gasteiger partial charge >= 0.3 is 12.1 Å². The van der Waals surface area contributed by atoms with Crippen molar-refractivity contribution in [2.75, 3.05) is 11.4 Å². The van der Waals surface area contributed by atoms with Gasteiger partial charge in [0, 0.05) is 24.2 Å². The molecule has 1 heterocycles. The summed E-state index contributed by atoms with van der Waals surface area (Å²) in [5.41, 5.74) is -1.42. The molecule has 1 aliphatic rings. The molecule has 2 N–H and O–H groups in total. The normalized spacial score (nSPS) is 15.8. The van der Waals surface area contributed by atoms with E-state index >= 15 is 0 Å². The van der Waals surface area contributed by atoms with Crippen molar-refractivity contribution >= 4 is 23.5 Å². The molecule has 0 aromatic heterocycles. The molecule has 1 aromatic rings. The summed E-state index contributed by atoms with van der Waals surface area (Å²) in [6.45, 7) is 2.00. The molecule has 0 aliphatic carbocycles. The molecule has 1 aliphatic heterocycles. The van der Waals surface area contributed by atoms with Crippen LogP contribution in [0.5, 0.6) is 0 Å². The average Bonchev–Trinajstić information content (AvgIpc) is 2.99. The van der Waals surface area contributed by atoms with E-state index in [1.807, 2.05) is 0 Å². The zero-order chi connectivity index (χ0) is 19.5. The van der Waals surface area contributed by atoms with E-state index in [0.29, 0.717) is 18.9 Å². The highest BCUT2D eigenvalue weighted by Gasteiger charge is 2.34. The smallest absolute Gasteiger partial charge is 0.416 e. The number of aliphatic carboxylic acids is 1. The Morgan fingerprint density at radius 1 is 1.31 bits per heavy atom. The van der Waals surface area contributed by atoms with Gasteiger partial charge in [0.05, 0.1) is 5.56 Å². The molecule has 2 amide bonds. The summed E-state index contributed by atoms with van der Waals surface area (Å²) in [6.07, 6.45) is -3.32. The van der Waals surface area contributed by atoms with Crippen LogP contribution in [0.25, 0.3) is 0 Å². The van der Waals surface area contributed by atoms with E-state index in [1.165, 1.54) is 11.0 Å². The number of amides is 2. The number of rotatable bonds is 6. The first-order chi connectivity index (χ1) is 12.1. The number of carboxylic acids is 1. The topological polar surface area (TPSA) is 86.7 Å². The number of carbonyl (C=O) groups excluding carboxylic acids is 2. The third kappa shape index (κ3) is 4.53.